The van der Waals surface area contributed by atoms with Gasteiger partial charge in [-0.15, -0.1) is 11.3 Å². The van der Waals surface area contributed by atoms with Crippen LogP contribution in [0.2, 0.25) is 0 Å². The van der Waals surface area contributed by atoms with E-state index in [2.05, 4.69) is 67.9 Å². The SMILES string of the molecule is COc1ccc(Cn2c(Br)c3c(c2-c2ccccc2)CCc2sc(N)nc2-3)cc1. The Kier molecular flexibility index (Phi) is 4.68. The molecule has 4 aromatic rings. The van der Waals surface area contributed by atoms with E-state index < -0.39 is 0 Å². The molecular weight excluding hydrogens is 446 g/mol. The first-order chi connectivity index (χ1) is 14.2. The Morgan fingerprint density at radius 1 is 1.10 bits per heavy atom. The zero-order chi connectivity index (χ0) is 20.0. The summed E-state index contributed by atoms with van der Waals surface area (Å²) in [7, 11) is 1.69. The van der Waals surface area contributed by atoms with Crippen LogP contribution >= 0.6 is 27.3 Å². The first-order valence-electron chi connectivity index (χ1n) is 9.50. The van der Waals surface area contributed by atoms with Gasteiger partial charge in [-0.3, -0.25) is 0 Å². The first-order valence-corrected chi connectivity index (χ1v) is 11.1. The third kappa shape index (κ3) is 3.16. The van der Waals surface area contributed by atoms with Gasteiger partial charge in [-0.25, -0.2) is 4.98 Å². The van der Waals surface area contributed by atoms with Crippen molar-refractivity contribution in [3.8, 4) is 28.3 Å². The quantitative estimate of drug-likeness (QED) is 0.415. The first kappa shape index (κ1) is 18.5. The largest absolute Gasteiger partial charge is 0.497 e. The highest BCUT2D eigenvalue weighted by Crippen LogP contribution is 2.47. The van der Waals surface area contributed by atoms with Crippen LogP contribution in [0.25, 0.3) is 22.5 Å². The van der Waals surface area contributed by atoms with Gasteiger partial charge in [0.2, 0.25) is 0 Å². The predicted octanol–water partition coefficient (Wildman–Crippen LogP) is 5.78. The number of nitrogens with zero attached hydrogens (tertiary/aromatic N) is 2. The lowest BCUT2D eigenvalue weighted by atomic mass is 9.93. The van der Waals surface area contributed by atoms with E-state index in [1.54, 1.807) is 18.4 Å². The van der Waals surface area contributed by atoms with Crippen LogP contribution in [0.5, 0.6) is 5.75 Å². The van der Waals surface area contributed by atoms with Gasteiger partial charge in [-0.1, -0.05) is 42.5 Å². The van der Waals surface area contributed by atoms with Gasteiger partial charge in [0.05, 0.1) is 23.1 Å². The molecule has 0 atom stereocenters. The van der Waals surface area contributed by atoms with Crippen molar-refractivity contribution in [2.75, 3.05) is 12.8 Å². The maximum absolute atomic E-state index is 6.05. The molecule has 1 aliphatic carbocycles. The minimum absolute atomic E-state index is 0.638. The lowest BCUT2D eigenvalue weighted by molar-refractivity contribution is 0.414. The molecule has 0 spiro atoms. The van der Waals surface area contributed by atoms with Crippen molar-refractivity contribution in [1.82, 2.24) is 9.55 Å². The van der Waals surface area contributed by atoms with Gasteiger partial charge in [-0.2, -0.15) is 0 Å². The van der Waals surface area contributed by atoms with Gasteiger partial charge in [0.1, 0.15) is 5.75 Å². The molecule has 5 rings (SSSR count). The van der Waals surface area contributed by atoms with Gasteiger partial charge in [-0.05, 0) is 57.6 Å². The predicted molar refractivity (Wildman–Crippen MR) is 123 cm³/mol. The topological polar surface area (TPSA) is 53.1 Å². The highest BCUT2D eigenvalue weighted by atomic mass is 79.9. The molecule has 2 N–H and O–H groups in total. The van der Waals surface area contributed by atoms with Gasteiger partial charge in [0.25, 0.3) is 0 Å². The normalized spacial score (nSPS) is 12.5. The summed E-state index contributed by atoms with van der Waals surface area (Å²) in [6, 6.07) is 18.8. The van der Waals surface area contributed by atoms with E-state index in [-0.39, 0.29) is 0 Å². The average Bonchev–Trinajstić information content (AvgIpc) is 3.26. The van der Waals surface area contributed by atoms with E-state index in [1.807, 2.05) is 12.1 Å². The number of methoxy groups -OCH3 is 1. The number of thiazole rings is 1. The van der Waals surface area contributed by atoms with Crippen molar-refractivity contribution in [3.05, 3.63) is 75.2 Å². The standard InChI is InChI=1S/C23H20BrN3OS/c1-28-16-9-7-14(8-10-16)13-27-21(15-5-3-2-4-6-15)17-11-12-18-20(19(17)22(27)24)26-23(25)29-18/h2-10H,11-13H2,1H3,(H2,25,26). The van der Waals surface area contributed by atoms with E-state index >= 15 is 0 Å². The maximum Gasteiger partial charge on any atom is 0.180 e. The number of aromatic nitrogens is 2. The molecule has 0 radical (unpaired) electrons. The molecule has 0 unspecified atom stereocenters. The molecule has 0 amide bonds. The number of fused-ring (bicyclic) bond motifs is 3. The fourth-order valence-electron chi connectivity index (χ4n) is 4.08. The Morgan fingerprint density at radius 2 is 1.86 bits per heavy atom. The third-order valence-corrected chi connectivity index (χ3v) is 7.17. The molecule has 29 heavy (non-hydrogen) atoms. The second-order valence-corrected chi connectivity index (χ2v) is 8.98. The summed E-state index contributed by atoms with van der Waals surface area (Å²) >= 11 is 5.52. The summed E-state index contributed by atoms with van der Waals surface area (Å²) < 4.78 is 8.73. The molecule has 1 aliphatic rings. The number of nitrogens with two attached hydrogens (primary N) is 1. The Bertz CT molecular complexity index is 1180. The molecule has 0 aliphatic heterocycles. The van der Waals surface area contributed by atoms with Crippen LogP contribution in [0.15, 0.2) is 59.2 Å². The number of ether oxygens (including phenoxy) is 1. The lowest BCUT2D eigenvalue weighted by Crippen LogP contribution is -2.04. The molecule has 146 valence electrons. The lowest BCUT2D eigenvalue weighted by Gasteiger charge is -2.14. The Balaban J connectivity index is 1.70. The summed E-state index contributed by atoms with van der Waals surface area (Å²) in [5.74, 6) is 0.866. The number of aryl methyl sites for hydroxylation is 1. The number of benzene rings is 2. The van der Waals surface area contributed by atoms with Crippen molar-refractivity contribution in [2.45, 2.75) is 19.4 Å². The molecule has 0 fully saturated rings. The summed E-state index contributed by atoms with van der Waals surface area (Å²) in [4.78, 5) is 5.94. The highest BCUT2D eigenvalue weighted by molar-refractivity contribution is 9.10. The second kappa shape index (κ2) is 7.35. The van der Waals surface area contributed by atoms with E-state index in [4.69, 9.17) is 10.5 Å². The van der Waals surface area contributed by atoms with E-state index in [0.29, 0.717) is 5.13 Å². The minimum Gasteiger partial charge on any atom is -0.497 e. The number of nitrogen functional groups attached to an aromatic ring is 1. The van der Waals surface area contributed by atoms with Crippen LogP contribution in [0.1, 0.15) is 16.0 Å². The monoisotopic (exact) mass is 465 g/mol. The highest BCUT2D eigenvalue weighted by Gasteiger charge is 2.30. The van der Waals surface area contributed by atoms with Crippen LogP contribution in [0.4, 0.5) is 5.13 Å². The van der Waals surface area contributed by atoms with Gasteiger partial charge >= 0.3 is 0 Å². The summed E-state index contributed by atoms with van der Waals surface area (Å²) in [6.45, 7) is 0.761. The van der Waals surface area contributed by atoms with Crippen molar-refractivity contribution >= 4 is 32.4 Å². The summed E-state index contributed by atoms with van der Waals surface area (Å²) in [6.07, 6.45) is 1.97. The van der Waals surface area contributed by atoms with Gasteiger partial charge in [0, 0.05) is 17.0 Å². The molecule has 6 heteroatoms. The molecule has 2 aromatic heterocycles. The van der Waals surface area contributed by atoms with Gasteiger partial charge in [0.15, 0.2) is 5.13 Å². The summed E-state index contributed by atoms with van der Waals surface area (Å²) in [5.41, 5.74) is 13.3. The molecule has 0 bridgehead atoms. The average molecular weight is 466 g/mol. The molecular formula is C23H20BrN3OS. The fraction of sp³-hybridized carbons (Fsp3) is 0.174. The zero-order valence-electron chi connectivity index (χ0n) is 16.0. The molecule has 0 saturated heterocycles. The van der Waals surface area contributed by atoms with Crippen molar-refractivity contribution < 1.29 is 4.74 Å². The van der Waals surface area contributed by atoms with Crippen molar-refractivity contribution in [3.63, 3.8) is 0 Å². The third-order valence-electron chi connectivity index (χ3n) is 5.40. The summed E-state index contributed by atoms with van der Waals surface area (Å²) in [5, 5.41) is 0.638. The van der Waals surface area contributed by atoms with Crippen molar-refractivity contribution in [1.29, 1.82) is 0 Å². The fourth-order valence-corrected chi connectivity index (χ4v) is 5.65. The van der Waals surface area contributed by atoms with Crippen LogP contribution in [0, 0.1) is 0 Å². The zero-order valence-corrected chi connectivity index (χ0v) is 18.4. The van der Waals surface area contributed by atoms with Crippen molar-refractivity contribution in [2.24, 2.45) is 0 Å². The van der Waals surface area contributed by atoms with Crippen LogP contribution < -0.4 is 10.5 Å². The van der Waals surface area contributed by atoms with E-state index in [0.717, 1.165) is 35.4 Å². The van der Waals surface area contributed by atoms with E-state index in [1.165, 1.54) is 32.8 Å². The van der Waals surface area contributed by atoms with Crippen LogP contribution in [0.3, 0.4) is 0 Å². The molecule has 2 aromatic carbocycles. The number of anilines is 1. The number of hydrogen-bond acceptors (Lipinski definition) is 4. The van der Waals surface area contributed by atoms with Gasteiger partial charge < -0.3 is 15.0 Å². The van der Waals surface area contributed by atoms with Crippen LogP contribution in [-0.2, 0) is 19.4 Å². The number of rotatable bonds is 4. The Morgan fingerprint density at radius 3 is 2.59 bits per heavy atom. The molecule has 4 nitrogen and oxygen atoms in total. The molecule has 0 saturated carbocycles. The molecule has 2 heterocycles. The minimum atomic E-state index is 0.638. The Hall–Kier alpha value is -2.57. The second-order valence-electron chi connectivity index (χ2n) is 7.12. The Labute approximate surface area is 182 Å². The number of halogens is 1. The maximum atomic E-state index is 6.05. The smallest absolute Gasteiger partial charge is 0.180 e. The van der Waals surface area contributed by atoms with Crippen LogP contribution in [-0.4, -0.2) is 16.7 Å². The van der Waals surface area contributed by atoms with E-state index in [9.17, 15) is 0 Å². The number of hydrogen-bond donors (Lipinski definition) is 1.